The lowest BCUT2D eigenvalue weighted by Crippen LogP contribution is -2.03. The molecule has 2 rings (SSSR count). The summed E-state index contributed by atoms with van der Waals surface area (Å²) in [5, 5.41) is 13.6. The summed E-state index contributed by atoms with van der Waals surface area (Å²) < 4.78 is 30.0. The van der Waals surface area contributed by atoms with Crippen LogP contribution < -0.4 is 10.1 Å². The highest BCUT2D eigenvalue weighted by Crippen LogP contribution is 2.61. The Morgan fingerprint density at radius 3 is 2.41 bits per heavy atom. The summed E-state index contributed by atoms with van der Waals surface area (Å²) in [6.07, 6.45) is 3.22. The minimum atomic E-state index is -3.66. The third kappa shape index (κ3) is 5.35. The van der Waals surface area contributed by atoms with Crippen LogP contribution in [0.4, 0.5) is 5.69 Å². The van der Waals surface area contributed by atoms with Gasteiger partial charge in [-0.25, -0.2) is 9.97 Å². The Hall–Kier alpha value is -2.41. The Labute approximate surface area is 171 Å². The number of aromatic hydroxyl groups is 1. The average molecular weight is 421 g/mol. The van der Waals surface area contributed by atoms with E-state index >= 15 is 0 Å². The number of hydrogen-bond acceptors (Lipinski definition) is 8. The molecule has 0 fully saturated rings. The highest BCUT2D eigenvalue weighted by Gasteiger charge is 2.32. The Balaban J connectivity index is 2.62. The molecule has 0 unspecified atom stereocenters. The van der Waals surface area contributed by atoms with Crippen molar-refractivity contribution in [3.8, 4) is 11.5 Å². The SMILES string of the molecule is CCOP(=O)(OCC)/C(=C/Nc1cnc(C)nc1C)c1cc(C)c(O)c(OC)c1. The molecule has 8 nitrogen and oxygen atoms in total. The van der Waals surface area contributed by atoms with Gasteiger partial charge in [-0.2, -0.15) is 0 Å². The number of nitrogens with zero attached hydrogens (tertiary/aromatic N) is 2. The molecule has 0 amide bonds. The van der Waals surface area contributed by atoms with E-state index in [4.69, 9.17) is 13.8 Å². The van der Waals surface area contributed by atoms with Gasteiger partial charge in [0, 0.05) is 6.20 Å². The van der Waals surface area contributed by atoms with Crippen molar-refractivity contribution in [2.75, 3.05) is 25.6 Å². The van der Waals surface area contributed by atoms with Gasteiger partial charge in [0.25, 0.3) is 0 Å². The fourth-order valence-corrected chi connectivity index (χ4v) is 4.46. The van der Waals surface area contributed by atoms with Gasteiger partial charge in [0.2, 0.25) is 0 Å². The molecule has 1 aromatic carbocycles. The molecule has 0 spiro atoms. The van der Waals surface area contributed by atoms with Crippen LogP contribution in [0.5, 0.6) is 11.5 Å². The molecule has 0 bridgehead atoms. The Kier molecular flexibility index (Phi) is 7.79. The second kappa shape index (κ2) is 9.87. The molecular formula is C20H28N3O5P. The smallest absolute Gasteiger partial charge is 0.363 e. The van der Waals surface area contributed by atoms with E-state index < -0.39 is 7.60 Å². The van der Waals surface area contributed by atoms with Crippen molar-refractivity contribution >= 4 is 18.6 Å². The van der Waals surface area contributed by atoms with Crippen LogP contribution in [0.3, 0.4) is 0 Å². The zero-order valence-corrected chi connectivity index (χ0v) is 18.5. The largest absolute Gasteiger partial charge is 0.504 e. The number of benzene rings is 1. The zero-order valence-electron chi connectivity index (χ0n) is 17.6. The minimum Gasteiger partial charge on any atom is -0.504 e. The van der Waals surface area contributed by atoms with Crippen molar-refractivity contribution in [2.24, 2.45) is 0 Å². The van der Waals surface area contributed by atoms with Crippen molar-refractivity contribution in [1.29, 1.82) is 0 Å². The van der Waals surface area contributed by atoms with Crippen molar-refractivity contribution in [1.82, 2.24) is 9.97 Å². The lowest BCUT2D eigenvalue weighted by atomic mass is 10.1. The summed E-state index contributed by atoms with van der Waals surface area (Å²) in [6, 6.07) is 3.30. The molecule has 2 aromatic rings. The quantitative estimate of drug-likeness (QED) is 0.557. The van der Waals surface area contributed by atoms with Gasteiger partial charge >= 0.3 is 7.60 Å². The summed E-state index contributed by atoms with van der Waals surface area (Å²) in [4.78, 5) is 8.52. The van der Waals surface area contributed by atoms with Gasteiger partial charge in [0.1, 0.15) is 5.82 Å². The van der Waals surface area contributed by atoms with Crippen LogP contribution in [0.1, 0.15) is 36.5 Å². The maximum atomic E-state index is 13.6. The summed E-state index contributed by atoms with van der Waals surface area (Å²) in [5.74, 6) is 0.944. The lowest BCUT2D eigenvalue weighted by molar-refractivity contribution is 0.230. The van der Waals surface area contributed by atoms with Gasteiger partial charge < -0.3 is 24.2 Å². The summed E-state index contributed by atoms with van der Waals surface area (Å²) in [6.45, 7) is 9.29. The molecule has 1 aromatic heterocycles. The van der Waals surface area contributed by atoms with Gasteiger partial charge in [-0.1, -0.05) is 0 Å². The maximum absolute atomic E-state index is 13.6. The molecule has 0 saturated heterocycles. The molecule has 0 aliphatic carbocycles. The van der Waals surface area contributed by atoms with Crippen LogP contribution in [0, 0.1) is 20.8 Å². The second-order valence-corrected chi connectivity index (χ2v) is 8.26. The van der Waals surface area contributed by atoms with E-state index in [-0.39, 0.29) is 24.7 Å². The second-order valence-electron chi connectivity index (χ2n) is 6.27. The number of nitrogens with one attached hydrogen (secondary N) is 1. The number of phenols is 1. The van der Waals surface area contributed by atoms with Crippen LogP contribution in [0.2, 0.25) is 0 Å². The van der Waals surface area contributed by atoms with E-state index in [1.807, 2.05) is 13.8 Å². The molecule has 0 saturated carbocycles. The average Bonchev–Trinajstić information content (AvgIpc) is 2.66. The van der Waals surface area contributed by atoms with Crippen molar-refractivity contribution in [3.63, 3.8) is 0 Å². The van der Waals surface area contributed by atoms with Crippen molar-refractivity contribution < 1.29 is 23.5 Å². The molecule has 158 valence electrons. The molecule has 29 heavy (non-hydrogen) atoms. The van der Waals surface area contributed by atoms with Crippen LogP contribution >= 0.6 is 7.60 Å². The number of methoxy groups -OCH3 is 1. The normalized spacial score (nSPS) is 12.1. The molecule has 0 atom stereocenters. The van der Waals surface area contributed by atoms with E-state index in [1.54, 1.807) is 45.3 Å². The summed E-state index contributed by atoms with van der Waals surface area (Å²) in [5.41, 5.74) is 2.52. The molecule has 0 aliphatic rings. The Morgan fingerprint density at radius 1 is 1.21 bits per heavy atom. The van der Waals surface area contributed by atoms with Crippen LogP contribution in [-0.4, -0.2) is 35.4 Å². The Morgan fingerprint density at radius 2 is 1.86 bits per heavy atom. The number of phenolic OH excluding ortho intramolecular Hbond substituents is 1. The first-order valence-corrected chi connectivity index (χ1v) is 10.8. The maximum Gasteiger partial charge on any atom is 0.363 e. The number of anilines is 1. The fourth-order valence-electron chi connectivity index (χ4n) is 2.76. The lowest BCUT2D eigenvalue weighted by Gasteiger charge is -2.22. The van der Waals surface area contributed by atoms with E-state index in [9.17, 15) is 9.67 Å². The molecule has 2 N–H and O–H groups in total. The Bertz CT molecular complexity index is 936. The zero-order chi connectivity index (χ0) is 21.6. The fraction of sp³-hybridized carbons (Fsp3) is 0.400. The predicted octanol–water partition coefficient (Wildman–Crippen LogP) is 4.79. The highest BCUT2D eigenvalue weighted by atomic mass is 31.2. The van der Waals surface area contributed by atoms with Gasteiger partial charge in [-0.05, 0) is 57.9 Å². The molecule has 1 heterocycles. The van der Waals surface area contributed by atoms with Crippen molar-refractivity contribution in [3.05, 3.63) is 47.2 Å². The minimum absolute atomic E-state index is 0.0222. The summed E-state index contributed by atoms with van der Waals surface area (Å²) >= 11 is 0. The monoisotopic (exact) mass is 421 g/mol. The van der Waals surface area contributed by atoms with Crippen LogP contribution in [0.25, 0.3) is 5.31 Å². The molecule has 0 radical (unpaired) electrons. The first-order chi connectivity index (χ1) is 13.8. The molecule has 0 aliphatic heterocycles. The van der Waals surface area contributed by atoms with E-state index in [0.717, 1.165) is 5.69 Å². The van der Waals surface area contributed by atoms with E-state index in [0.29, 0.717) is 28.0 Å². The van der Waals surface area contributed by atoms with E-state index in [2.05, 4.69) is 15.3 Å². The molecule has 9 heteroatoms. The molecular weight excluding hydrogens is 393 g/mol. The van der Waals surface area contributed by atoms with Crippen molar-refractivity contribution in [2.45, 2.75) is 34.6 Å². The third-order valence-corrected chi connectivity index (χ3v) is 6.31. The predicted molar refractivity (Wildman–Crippen MR) is 113 cm³/mol. The number of rotatable bonds is 9. The first-order valence-electron chi connectivity index (χ1n) is 9.30. The van der Waals surface area contributed by atoms with Crippen LogP contribution in [0.15, 0.2) is 24.5 Å². The topological polar surface area (TPSA) is 103 Å². The number of aryl methyl sites for hydroxylation is 3. The van der Waals surface area contributed by atoms with E-state index in [1.165, 1.54) is 7.11 Å². The van der Waals surface area contributed by atoms with Gasteiger partial charge in [0.15, 0.2) is 11.5 Å². The van der Waals surface area contributed by atoms with Gasteiger partial charge in [0.05, 0.1) is 43.2 Å². The first kappa shape index (κ1) is 22.9. The number of ether oxygens (including phenoxy) is 1. The van der Waals surface area contributed by atoms with Gasteiger partial charge in [-0.3, -0.25) is 4.57 Å². The third-order valence-electron chi connectivity index (χ3n) is 4.14. The number of aromatic nitrogens is 2. The van der Waals surface area contributed by atoms with Crippen LogP contribution in [-0.2, 0) is 13.6 Å². The number of hydrogen-bond donors (Lipinski definition) is 2. The summed E-state index contributed by atoms with van der Waals surface area (Å²) in [7, 11) is -2.20. The standard InChI is InChI=1S/C20H28N3O5P/c1-7-27-29(25,28-8-2)19(12-22-17-11-21-15(5)23-14(17)4)16-9-13(3)20(24)18(10-16)26-6/h9-12,22,24H,7-8H2,1-6H3/b19-12+. The highest BCUT2D eigenvalue weighted by molar-refractivity contribution is 7.65. The van der Waals surface area contributed by atoms with Gasteiger partial charge in [-0.15, -0.1) is 0 Å².